The maximum atomic E-state index is 11.9. The molecule has 0 fully saturated rings. The number of amides is 2. The van der Waals surface area contributed by atoms with Crippen LogP contribution in [0.1, 0.15) is 21.5 Å². The van der Waals surface area contributed by atoms with Gasteiger partial charge in [0.05, 0.1) is 19.9 Å². The van der Waals surface area contributed by atoms with Crippen molar-refractivity contribution < 1.29 is 19.4 Å². The molecule has 0 aromatic heterocycles. The topological polar surface area (TPSA) is 100 Å². The van der Waals surface area contributed by atoms with Crippen LogP contribution in [0.15, 0.2) is 47.6 Å². The van der Waals surface area contributed by atoms with E-state index in [0.717, 1.165) is 5.56 Å². The number of hydrogen-bond acceptors (Lipinski definition) is 5. The molecule has 0 radical (unpaired) electrons. The van der Waals surface area contributed by atoms with Gasteiger partial charge in [0.15, 0.2) is 11.5 Å². The number of aromatic hydroxyl groups is 1. The van der Waals surface area contributed by atoms with Crippen molar-refractivity contribution in [3.8, 4) is 11.5 Å². The van der Waals surface area contributed by atoms with E-state index in [1.807, 2.05) is 13.0 Å². The van der Waals surface area contributed by atoms with Crippen LogP contribution in [0.5, 0.6) is 11.5 Å². The molecule has 0 unspecified atom stereocenters. The zero-order valence-corrected chi connectivity index (χ0v) is 13.9. The van der Waals surface area contributed by atoms with Crippen molar-refractivity contribution in [1.29, 1.82) is 0 Å². The summed E-state index contributed by atoms with van der Waals surface area (Å²) in [5.41, 5.74) is 4.11. The number of phenols is 1. The fourth-order valence-corrected chi connectivity index (χ4v) is 2.07. The molecule has 0 bridgehead atoms. The summed E-state index contributed by atoms with van der Waals surface area (Å²) in [6.07, 6.45) is 1.29. The maximum Gasteiger partial charge on any atom is 0.259 e. The second-order valence-electron chi connectivity index (χ2n) is 5.24. The molecule has 0 aliphatic heterocycles. The summed E-state index contributed by atoms with van der Waals surface area (Å²) in [6, 6.07) is 12.0. The number of rotatable bonds is 6. The summed E-state index contributed by atoms with van der Waals surface area (Å²) in [6.45, 7) is 1.67. The fraction of sp³-hybridized carbons (Fsp3) is 0.167. The highest BCUT2D eigenvalue weighted by Crippen LogP contribution is 2.27. The number of nitrogens with one attached hydrogen (secondary N) is 2. The van der Waals surface area contributed by atoms with Gasteiger partial charge in [-0.15, -0.1) is 0 Å². The molecule has 7 heteroatoms. The molecule has 25 heavy (non-hydrogen) atoms. The average Bonchev–Trinajstić information content (AvgIpc) is 2.61. The second kappa shape index (κ2) is 8.49. The smallest absolute Gasteiger partial charge is 0.259 e. The molecule has 2 aromatic carbocycles. The zero-order chi connectivity index (χ0) is 18.2. The highest BCUT2D eigenvalue weighted by atomic mass is 16.5. The first-order valence-electron chi connectivity index (χ1n) is 7.54. The summed E-state index contributed by atoms with van der Waals surface area (Å²) < 4.78 is 4.98. The largest absolute Gasteiger partial charge is 0.504 e. The van der Waals surface area contributed by atoms with Crippen LogP contribution in [0.25, 0.3) is 0 Å². The minimum Gasteiger partial charge on any atom is -0.504 e. The maximum absolute atomic E-state index is 11.9. The van der Waals surface area contributed by atoms with Gasteiger partial charge in [-0.25, -0.2) is 5.43 Å². The van der Waals surface area contributed by atoms with E-state index < -0.39 is 5.91 Å². The van der Waals surface area contributed by atoms with Crippen molar-refractivity contribution in [2.24, 2.45) is 5.10 Å². The van der Waals surface area contributed by atoms with Crippen molar-refractivity contribution in [1.82, 2.24) is 10.7 Å². The molecule has 0 heterocycles. The molecule has 0 saturated heterocycles. The SMILES string of the molecule is COc1cccc(/C=N/NC(=O)CNC(=O)c2cccc(C)c2)c1O. The standard InChI is InChI=1S/C18H19N3O4/c1-12-5-3-6-13(9-12)18(24)19-11-16(22)21-20-10-14-7-4-8-15(25-2)17(14)23/h3-10,23H,11H2,1-2H3,(H,19,24)(H,21,22)/b20-10+. The van der Waals surface area contributed by atoms with Gasteiger partial charge < -0.3 is 15.2 Å². The lowest BCUT2D eigenvalue weighted by Crippen LogP contribution is -2.34. The number of benzene rings is 2. The van der Waals surface area contributed by atoms with Crippen molar-refractivity contribution in [3.63, 3.8) is 0 Å². The zero-order valence-electron chi connectivity index (χ0n) is 13.9. The molecule has 2 aromatic rings. The van der Waals surface area contributed by atoms with E-state index in [-0.39, 0.29) is 18.2 Å². The van der Waals surface area contributed by atoms with Gasteiger partial charge in [-0.1, -0.05) is 23.8 Å². The van der Waals surface area contributed by atoms with Gasteiger partial charge in [-0.2, -0.15) is 5.10 Å². The third kappa shape index (κ3) is 5.07. The number of hydrazone groups is 1. The predicted octanol–water partition coefficient (Wildman–Crippen LogP) is 1.59. The molecule has 2 rings (SSSR count). The highest BCUT2D eigenvalue weighted by molar-refractivity contribution is 5.96. The van der Waals surface area contributed by atoms with E-state index >= 15 is 0 Å². The van der Waals surface area contributed by atoms with Gasteiger partial charge >= 0.3 is 0 Å². The Hall–Kier alpha value is -3.35. The molecule has 0 spiro atoms. The van der Waals surface area contributed by atoms with E-state index in [1.165, 1.54) is 13.3 Å². The molecule has 0 aliphatic rings. The molecule has 130 valence electrons. The lowest BCUT2D eigenvalue weighted by Gasteiger charge is -2.06. The Bertz CT molecular complexity index is 803. The Morgan fingerprint density at radius 2 is 2.00 bits per heavy atom. The first kappa shape index (κ1) is 18.0. The van der Waals surface area contributed by atoms with Gasteiger partial charge in [0.25, 0.3) is 11.8 Å². The number of carbonyl (C=O) groups is 2. The van der Waals surface area contributed by atoms with Gasteiger partial charge in [-0.05, 0) is 31.2 Å². The summed E-state index contributed by atoms with van der Waals surface area (Å²) in [5, 5.41) is 16.2. The summed E-state index contributed by atoms with van der Waals surface area (Å²) in [7, 11) is 1.44. The molecule has 2 amide bonds. The predicted molar refractivity (Wildman–Crippen MR) is 93.9 cm³/mol. The van der Waals surface area contributed by atoms with Crippen LogP contribution in [0, 0.1) is 6.92 Å². The number of hydrogen-bond donors (Lipinski definition) is 3. The molecule has 0 saturated carbocycles. The molecule has 0 atom stereocenters. The molecule has 7 nitrogen and oxygen atoms in total. The molecular weight excluding hydrogens is 322 g/mol. The Morgan fingerprint density at radius 3 is 2.72 bits per heavy atom. The average molecular weight is 341 g/mol. The minimum absolute atomic E-state index is 0.0734. The number of carbonyl (C=O) groups excluding carboxylic acids is 2. The lowest BCUT2D eigenvalue weighted by molar-refractivity contribution is -0.120. The van der Waals surface area contributed by atoms with Crippen molar-refractivity contribution >= 4 is 18.0 Å². The number of para-hydroxylation sites is 1. The molecular formula is C18H19N3O4. The minimum atomic E-state index is -0.486. The van der Waals surface area contributed by atoms with Gasteiger partial charge in [0.1, 0.15) is 0 Å². The van der Waals surface area contributed by atoms with E-state index in [1.54, 1.807) is 36.4 Å². The van der Waals surface area contributed by atoms with Crippen LogP contribution in [0.3, 0.4) is 0 Å². The normalized spacial score (nSPS) is 10.5. The number of methoxy groups -OCH3 is 1. The van der Waals surface area contributed by atoms with E-state index in [4.69, 9.17) is 4.74 Å². The van der Waals surface area contributed by atoms with Gasteiger partial charge in [0, 0.05) is 11.1 Å². The first-order valence-corrected chi connectivity index (χ1v) is 7.54. The number of aryl methyl sites for hydroxylation is 1. The second-order valence-corrected chi connectivity index (χ2v) is 5.24. The van der Waals surface area contributed by atoms with Crippen molar-refractivity contribution in [3.05, 3.63) is 59.2 Å². The summed E-state index contributed by atoms with van der Waals surface area (Å²) >= 11 is 0. The van der Waals surface area contributed by atoms with Crippen LogP contribution in [-0.2, 0) is 4.79 Å². The van der Waals surface area contributed by atoms with Crippen molar-refractivity contribution in [2.45, 2.75) is 6.92 Å². The van der Waals surface area contributed by atoms with E-state index in [9.17, 15) is 14.7 Å². The number of nitrogens with zero attached hydrogens (tertiary/aromatic N) is 1. The van der Waals surface area contributed by atoms with E-state index in [0.29, 0.717) is 16.9 Å². The monoisotopic (exact) mass is 341 g/mol. The summed E-state index contributed by atoms with van der Waals surface area (Å²) in [4.78, 5) is 23.7. The third-order valence-corrected chi connectivity index (χ3v) is 3.33. The Labute approximate surface area is 145 Å². The first-order chi connectivity index (χ1) is 12.0. The van der Waals surface area contributed by atoms with Crippen LogP contribution in [0.4, 0.5) is 0 Å². The number of ether oxygens (including phenoxy) is 1. The Morgan fingerprint density at radius 1 is 1.24 bits per heavy atom. The Balaban J connectivity index is 1.86. The Kier molecular flexibility index (Phi) is 6.11. The van der Waals surface area contributed by atoms with Crippen LogP contribution in [-0.4, -0.2) is 36.8 Å². The fourth-order valence-electron chi connectivity index (χ4n) is 2.07. The molecule has 0 aliphatic carbocycles. The summed E-state index contributed by atoms with van der Waals surface area (Å²) in [5.74, 6) is -0.593. The van der Waals surface area contributed by atoms with Gasteiger partial charge in [-0.3, -0.25) is 9.59 Å². The highest BCUT2D eigenvalue weighted by Gasteiger charge is 2.08. The van der Waals surface area contributed by atoms with Crippen LogP contribution >= 0.6 is 0 Å². The van der Waals surface area contributed by atoms with Crippen LogP contribution < -0.4 is 15.5 Å². The third-order valence-electron chi connectivity index (χ3n) is 3.33. The van der Waals surface area contributed by atoms with E-state index in [2.05, 4.69) is 15.8 Å². The van der Waals surface area contributed by atoms with Crippen molar-refractivity contribution in [2.75, 3.05) is 13.7 Å². The lowest BCUT2D eigenvalue weighted by atomic mass is 10.1. The molecule has 3 N–H and O–H groups in total. The number of phenolic OH excluding ortho intramolecular Hbond substituents is 1. The van der Waals surface area contributed by atoms with Gasteiger partial charge in [0.2, 0.25) is 0 Å². The van der Waals surface area contributed by atoms with Crippen LogP contribution in [0.2, 0.25) is 0 Å². The quantitative estimate of drug-likeness (QED) is 0.549.